The average Bonchev–Trinajstić information content (AvgIpc) is 3.07. The van der Waals surface area contributed by atoms with Crippen LogP contribution < -0.4 is 5.32 Å². The highest BCUT2D eigenvalue weighted by atomic mass is 35.5. The van der Waals surface area contributed by atoms with Crippen LogP contribution >= 0.6 is 11.6 Å². The van der Waals surface area contributed by atoms with Crippen molar-refractivity contribution in [2.75, 3.05) is 19.6 Å². The van der Waals surface area contributed by atoms with E-state index >= 15 is 0 Å². The maximum atomic E-state index is 12.6. The second-order valence-corrected chi connectivity index (χ2v) is 7.45. The average molecular weight is 347 g/mol. The quantitative estimate of drug-likeness (QED) is 0.929. The lowest BCUT2D eigenvalue weighted by atomic mass is 9.86. The molecule has 0 bridgehead atoms. The Labute approximate surface area is 147 Å². The van der Waals surface area contributed by atoms with E-state index in [0.29, 0.717) is 22.2 Å². The van der Waals surface area contributed by atoms with Crippen molar-refractivity contribution in [2.24, 2.45) is 5.92 Å². The first-order valence-electron chi connectivity index (χ1n) is 8.85. The zero-order valence-electron chi connectivity index (χ0n) is 13.7. The zero-order chi connectivity index (χ0) is 16.5. The van der Waals surface area contributed by atoms with Gasteiger partial charge in [-0.2, -0.15) is 0 Å². The first-order chi connectivity index (χ1) is 11.7. The Morgan fingerprint density at radius 2 is 2.25 bits per heavy atom. The molecule has 0 saturated carbocycles. The molecule has 1 N–H and O–H groups in total. The Balaban J connectivity index is 1.40. The van der Waals surface area contributed by atoms with E-state index in [2.05, 4.69) is 15.2 Å². The molecular formula is C18H23ClN4O. The number of fused-ring (bicyclic) bond motifs is 2. The van der Waals surface area contributed by atoms with E-state index < -0.39 is 0 Å². The van der Waals surface area contributed by atoms with Crippen LogP contribution in [0, 0.1) is 5.92 Å². The third-order valence-corrected chi connectivity index (χ3v) is 5.64. The van der Waals surface area contributed by atoms with Crippen LogP contribution in [0.25, 0.3) is 5.65 Å². The first-order valence-corrected chi connectivity index (χ1v) is 9.23. The molecule has 2 aromatic heterocycles. The van der Waals surface area contributed by atoms with Gasteiger partial charge in [0, 0.05) is 31.2 Å². The predicted molar refractivity (Wildman–Crippen MR) is 94.5 cm³/mol. The van der Waals surface area contributed by atoms with Crippen LogP contribution in [0.15, 0.2) is 24.7 Å². The van der Waals surface area contributed by atoms with Crippen molar-refractivity contribution in [3.05, 3.63) is 35.2 Å². The number of aromatic nitrogens is 2. The maximum absolute atomic E-state index is 12.6. The number of halogens is 1. The maximum Gasteiger partial charge on any atom is 0.255 e. The van der Waals surface area contributed by atoms with Gasteiger partial charge in [-0.25, -0.2) is 4.98 Å². The normalized spacial score (nSPS) is 24.7. The summed E-state index contributed by atoms with van der Waals surface area (Å²) in [7, 11) is 0. The van der Waals surface area contributed by atoms with Gasteiger partial charge in [-0.1, -0.05) is 18.0 Å². The molecule has 2 aliphatic heterocycles. The molecule has 2 saturated heterocycles. The third-order valence-electron chi connectivity index (χ3n) is 5.43. The van der Waals surface area contributed by atoms with Crippen molar-refractivity contribution in [2.45, 2.75) is 38.1 Å². The fourth-order valence-electron chi connectivity index (χ4n) is 4.16. The number of amides is 1. The second kappa shape index (κ2) is 6.73. The minimum absolute atomic E-state index is 0.0835. The summed E-state index contributed by atoms with van der Waals surface area (Å²) in [5.74, 6) is 0.489. The molecule has 4 rings (SSSR count). The number of hydrogen-bond donors (Lipinski definition) is 1. The van der Waals surface area contributed by atoms with Crippen LogP contribution in [-0.4, -0.2) is 45.9 Å². The molecule has 5 nitrogen and oxygen atoms in total. The summed E-state index contributed by atoms with van der Waals surface area (Å²) >= 11 is 6.12. The molecule has 0 aliphatic carbocycles. The van der Waals surface area contributed by atoms with Gasteiger partial charge in [0.25, 0.3) is 5.91 Å². The molecule has 128 valence electrons. The molecule has 2 aromatic rings. The monoisotopic (exact) mass is 346 g/mol. The molecule has 2 unspecified atom stereocenters. The van der Waals surface area contributed by atoms with Gasteiger partial charge >= 0.3 is 0 Å². The Kier molecular flexibility index (Phi) is 4.46. The number of carbonyl (C=O) groups excluding carboxylic acids is 1. The van der Waals surface area contributed by atoms with Gasteiger partial charge in [-0.15, -0.1) is 0 Å². The van der Waals surface area contributed by atoms with Gasteiger partial charge in [0.15, 0.2) is 0 Å². The molecule has 1 amide bonds. The van der Waals surface area contributed by atoms with E-state index in [9.17, 15) is 4.79 Å². The second-order valence-electron chi connectivity index (χ2n) is 7.02. The van der Waals surface area contributed by atoms with Crippen molar-refractivity contribution in [1.29, 1.82) is 0 Å². The van der Waals surface area contributed by atoms with Crippen LogP contribution in [0.3, 0.4) is 0 Å². The highest BCUT2D eigenvalue weighted by molar-refractivity contribution is 6.31. The minimum atomic E-state index is -0.0835. The summed E-state index contributed by atoms with van der Waals surface area (Å²) in [5, 5.41) is 3.65. The number of nitrogens with one attached hydrogen (secondary N) is 1. The zero-order valence-corrected chi connectivity index (χ0v) is 14.5. The lowest BCUT2D eigenvalue weighted by molar-refractivity contribution is 0.0748. The van der Waals surface area contributed by atoms with Crippen LogP contribution in [0.1, 0.15) is 42.5 Å². The summed E-state index contributed by atoms with van der Waals surface area (Å²) in [6.07, 6.45) is 11.6. The molecule has 0 spiro atoms. The summed E-state index contributed by atoms with van der Waals surface area (Å²) in [5.41, 5.74) is 1.20. The van der Waals surface area contributed by atoms with Crippen LogP contribution in [0.2, 0.25) is 5.02 Å². The van der Waals surface area contributed by atoms with E-state index in [1.54, 1.807) is 29.1 Å². The Morgan fingerprint density at radius 3 is 3.17 bits per heavy atom. The summed E-state index contributed by atoms with van der Waals surface area (Å²) in [6.45, 7) is 3.17. The topological polar surface area (TPSA) is 49.6 Å². The highest BCUT2D eigenvalue weighted by Crippen LogP contribution is 2.29. The number of nitrogens with zero attached hydrogens (tertiary/aromatic N) is 3. The molecule has 24 heavy (non-hydrogen) atoms. The van der Waals surface area contributed by atoms with Gasteiger partial charge in [-0.3, -0.25) is 4.79 Å². The molecule has 2 fully saturated rings. The van der Waals surface area contributed by atoms with Crippen LogP contribution in [0.4, 0.5) is 0 Å². The lowest BCUT2D eigenvalue weighted by Gasteiger charge is -2.42. The molecule has 2 aliphatic rings. The fourth-order valence-corrected chi connectivity index (χ4v) is 4.37. The Hall–Kier alpha value is -1.59. The predicted octanol–water partition coefficient (Wildman–Crippen LogP) is 2.98. The van der Waals surface area contributed by atoms with Crippen LogP contribution in [-0.2, 0) is 0 Å². The Bertz CT molecular complexity index is 744. The number of piperidine rings is 2. The van der Waals surface area contributed by atoms with Crippen molar-refractivity contribution in [3.8, 4) is 0 Å². The standard InChI is InChI=1S/C18H23ClN4O/c19-14-10-16(17-20-5-8-23(17)12-14)18(24)21-11-13-4-7-22-6-2-1-3-15(22)9-13/h5,8,10,12-13,15H,1-4,6-7,9,11H2,(H,21,24). The van der Waals surface area contributed by atoms with Gasteiger partial charge in [0.2, 0.25) is 0 Å². The van der Waals surface area contributed by atoms with Crippen molar-refractivity contribution >= 4 is 23.2 Å². The number of pyridine rings is 1. The van der Waals surface area contributed by atoms with Gasteiger partial charge < -0.3 is 14.6 Å². The summed E-state index contributed by atoms with van der Waals surface area (Å²) in [4.78, 5) is 19.5. The number of rotatable bonds is 3. The van der Waals surface area contributed by atoms with Crippen molar-refractivity contribution < 1.29 is 4.79 Å². The van der Waals surface area contributed by atoms with E-state index in [0.717, 1.165) is 12.6 Å². The van der Waals surface area contributed by atoms with Gasteiger partial charge in [0.1, 0.15) is 5.65 Å². The largest absolute Gasteiger partial charge is 0.352 e. The summed E-state index contributed by atoms with van der Waals surface area (Å²) in [6, 6.07) is 2.42. The first kappa shape index (κ1) is 15.9. The van der Waals surface area contributed by atoms with Crippen molar-refractivity contribution in [3.63, 3.8) is 0 Å². The summed E-state index contributed by atoms with van der Waals surface area (Å²) < 4.78 is 1.79. The number of hydrogen-bond acceptors (Lipinski definition) is 3. The van der Waals surface area contributed by atoms with E-state index in [-0.39, 0.29) is 5.91 Å². The molecule has 6 heteroatoms. The van der Waals surface area contributed by atoms with E-state index in [1.165, 1.54) is 45.2 Å². The minimum Gasteiger partial charge on any atom is -0.352 e. The third kappa shape index (κ3) is 3.15. The van der Waals surface area contributed by atoms with Gasteiger partial charge in [0.05, 0.1) is 10.6 Å². The lowest BCUT2D eigenvalue weighted by Crippen LogP contribution is -2.47. The van der Waals surface area contributed by atoms with E-state index in [4.69, 9.17) is 11.6 Å². The molecule has 0 aromatic carbocycles. The van der Waals surface area contributed by atoms with Crippen LogP contribution in [0.5, 0.6) is 0 Å². The van der Waals surface area contributed by atoms with Crippen molar-refractivity contribution in [1.82, 2.24) is 19.6 Å². The number of carbonyl (C=O) groups is 1. The highest BCUT2D eigenvalue weighted by Gasteiger charge is 2.30. The number of imidazole rings is 1. The Morgan fingerprint density at radius 1 is 1.33 bits per heavy atom. The molecule has 2 atom stereocenters. The van der Waals surface area contributed by atoms with Gasteiger partial charge in [-0.05, 0) is 50.8 Å². The van der Waals surface area contributed by atoms with E-state index in [1.807, 2.05) is 0 Å². The molecule has 0 radical (unpaired) electrons. The molecule has 4 heterocycles. The smallest absolute Gasteiger partial charge is 0.255 e. The fraction of sp³-hybridized carbons (Fsp3) is 0.556. The SMILES string of the molecule is O=C(NCC1CCN2CCCCC2C1)c1cc(Cl)cn2ccnc12. The molecular weight excluding hydrogens is 324 g/mol.